The van der Waals surface area contributed by atoms with Crippen LogP contribution in [0.1, 0.15) is 23.6 Å². The summed E-state index contributed by atoms with van der Waals surface area (Å²) in [7, 11) is -4.43. The highest BCUT2D eigenvalue weighted by molar-refractivity contribution is 7.92. The Morgan fingerprint density at radius 1 is 0.857 bits per heavy atom. The molecular formula is C23H18F7NO3S. The van der Waals surface area contributed by atoms with Crippen LogP contribution in [0.2, 0.25) is 0 Å². The first-order valence-electron chi connectivity index (χ1n) is 10.0. The van der Waals surface area contributed by atoms with E-state index in [0.29, 0.717) is 12.1 Å². The minimum absolute atomic E-state index is 0.00742. The number of nitrogens with zero attached hydrogens (tertiary/aromatic N) is 1. The highest BCUT2D eigenvalue weighted by atomic mass is 32.2. The van der Waals surface area contributed by atoms with Crippen LogP contribution in [0.3, 0.4) is 0 Å². The smallest absolute Gasteiger partial charge is 0.416 e. The average molecular weight is 521 g/mol. The molecule has 0 saturated carbocycles. The minimum Gasteiger partial charge on any atom is -0.489 e. The van der Waals surface area contributed by atoms with Crippen molar-refractivity contribution in [1.82, 2.24) is 0 Å². The molecule has 0 saturated heterocycles. The molecule has 0 fully saturated rings. The normalized spacial score (nSPS) is 12.5. The van der Waals surface area contributed by atoms with Gasteiger partial charge in [-0.15, -0.1) is 0 Å². The van der Waals surface area contributed by atoms with Crippen molar-refractivity contribution < 1.29 is 43.9 Å². The molecule has 0 aliphatic rings. The Bertz CT molecular complexity index is 1300. The van der Waals surface area contributed by atoms with Gasteiger partial charge in [-0.05, 0) is 49.4 Å². The zero-order valence-corrected chi connectivity index (χ0v) is 18.8. The molecule has 0 aliphatic carbocycles. The summed E-state index contributed by atoms with van der Waals surface area (Å²) in [6.45, 7) is 0.485. The maximum atomic E-state index is 14.1. The molecule has 0 amide bonds. The summed E-state index contributed by atoms with van der Waals surface area (Å²) in [5, 5.41) is 0. The first-order valence-corrected chi connectivity index (χ1v) is 11.5. The molecule has 12 heteroatoms. The van der Waals surface area contributed by atoms with Crippen LogP contribution in [0.15, 0.2) is 71.6 Å². The van der Waals surface area contributed by atoms with Gasteiger partial charge in [0.1, 0.15) is 18.2 Å². The molecule has 0 radical (unpaired) electrons. The molecule has 0 heterocycles. The molecule has 0 N–H and O–H groups in total. The van der Waals surface area contributed by atoms with Gasteiger partial charge < -0.3 is 4.74 Å². The molecule has 0 atom stereocenters. The second kappa shape index (κ2) is 9.76. The summed E-state index contributed by atoms with van der Waals surface area (Å²) in [4.78, 5) is -0.596. The summed E-state index contributed by atoms with van der Waals surface area (Å²) in [5.74, 6) is -1.20. The van der Waals surface area contributed by atoms with E-state index in [9.17, 15) is 39.2 Å². The number of sulfonamides is 1. The van der Waals surface area contributed by atoms with E-state index in [1.165, 1.54) is 31.2 Å². The molecule has 4 nitrogen and oxygen atoms in total. The lowest BCUT2D eigenvalue weighted by molar-refractivity contribution is -0.139. The quantitative estimate of drug-likeness (QED) is 0.327. The van der Waals surface area contributed by atoms with Gasteiger partial charge in [-0.2, -0.15) is 26.3 Å². The summed E-state index contributed by atoms with van der Waals surface area (Å²) in [6, 6.07) is 10.9. The number of anilines is 1. The molecule has 3 aromatic carbocycles. The predicted molar refractivity (Wildman–Crippen MR) is 114 cm³/mol. The summed E-state index contributed by atoms with van der Waals surface area (Å²) >= 11 is 0. The van der Waals surface area contributed by atoms with Gasteiger partial charge in [0.05, 0.1) is 21.7 Å². The number of benzene rings is 3. The van der Waals surface area contributed by atoms with Crippen LogP contribution >= 0.6 is 0 Å². The van der Waals surface area contributed by atoms with E-state index in [1.54, 1.807) is 0 Å². The van der Waals surface area contributed by atoms with Gasteiger partial charge in [0.25, 0.3) is 10.0 Å². The SMILES string of the molecule is CCN(c1cccc(OCc2c(F)cccc2C(F)(F)F)c1)S(=O)(=O)c1cccc(C(F)(F)F)c1. The van der Waals surface area contributed by atoms with E-state index in [4.69, 9.17) is 4.74 Å². The lowest BCUT2D eigenvalue weighted by Crippen LogP contribution is -2.31. The Balaban J connectivity index is 1.91. The third-order valence-electron chi connectivity index (χ3n) is 4.95. The molecule has 3 rings (SSSR count). The first-order chi connectivity index (χ1) is 16.2. The zero-order valence-electron chi connectivity index (χ0n) is 18.0. The number of hydrogen-bond donors (Lipinski definition) is 0. The maximum absolute atomic E-state index is 14.1. The van der Waals surface area contributed by atoms with Crippen molar-refractivity contribution in [1.29, 1.82) is 0 Å². The molecular weight excluding hydrogens is 503 g/mol. The molecule has 0 spiro atoms. The van der Waals surface area contributed by atoms with E-state index in [2.05, 4.69) is 0 Å². The summed E-state index contributed by atoms with van der Waals surface area (Å²) < 4.78 is 125. The van der Waals surface area contributed by atoms with Crippen LogP contribution in [0.4, 0.5) is 36.4 Å². The monoisotopic (exact) mass is 521 g/mol. The van der Waals surface area contributed by atoms with E-state index in [1.807, 2.05) is 0 Å². The number of rotatable bonds is 7. The number of halogens is 7. The number of alkyl halides is 6. The highest BCUT2D eigenvalue weighted by Gasteiger charge is 2.35. The van der Waals surface area contributed by atoms with Crippen LogP contribution in [0.25, 0.3) is 0 Å². The third-order valence-corrected chi connectivity index (χ3v) is 6.85. The van der Waals surface area contributed by atoms with Crippen molar-refractivity contribution in [2.24, 2.45) is 0 Å². The van der Waals surface area contributed by atoms with Crippen molar-refractivity contribution in [3.63, 3.8) is 0 Å². The van der Waals surface area contributed by atoms with Crippen LogP contribution in [-0.4, -0.2) is 15.0 Å². The Labute approximate surface area is 196 Å². The first kappa shape index (κ1) is 26.3. The second-order valence-electron chi connectivity index (χ2n) is 7.25. The molecule has 188 valence electrons. The highest BCUT2D eigenvalue weighted by Crippen LogP contribution is 2.35. The number of ether oxygens (including phenoxy) is 1. The molecule has 0 aromatic heterocycles. The largest absolute Gasteiger partial charge is 0.489 e. The standard InChI is InChI=1S/C23H18F7NO3S/c1-2-31(35(32,33)18-9-3-6-15(12-18)22(25,26)27)16-7-4-8-17(13-16)34-14-19-20(23(28,29)30)10-5-11-21(19)24/h3-13H,2,14H2,1H3. The van der Waals surface area contributed by atoms with Crippen molar-refractivity contribution >= 4 is 15.7 Å². The fourth-order valence-electron chi connectivity index (χ4n) is 3.31. The lowest BCUT2D eigenvalue weighted by atomic mass is 10.1. The van der Waals surface area contributed by atoms with Crippen molar-refractivity contribution in [3.05, 3.63) is 89.2 Å². The van der Waals surface area contributed by atoms with Crippen LogP contribution < -0.4 is 9.04 Å². The van der Waals surface area contributed by atoms with Crippen LogP contribution in [-0.2, 0) is 29.0 Å². The van der Waals surface area contributed by atoms with Gasteiger partial charge in [-0.3, -0.25) is 4.31 Å². The van der Waals surface area contributed by atoms with Crippen molar-refractivity contribution in [2.75, 3.05) is 10.8 Å². The van der Waals surface area contributed by atoms with Crippen LogP contribution in [0.5, 0.6) is 5.75 Å². The zero-order chi connectivity index (χ0) is 26.0. The number of hydrogen-bond acceptors (Lipinski definition) is 3. The van der Waals surface area contributed by atoms with Gasteiger partial charge in [0.2, 0.25) is 0 Å². The maximum Gasteiger partial charge on any atom is 0.416 e. The average Bonchev–Trinajstić information content (AvgIpc) is 2.77. The van der Waals surface area contributed by atoms with E-state index >= 15 is 0 Å². The Morgan fingerprint density at radius 3 is 2.14 bits per heavy atom. The Morgan fingerprint density at radius 2 is 1.51 bits per heavy atom. The van der Waals surface area contributed by atoms with Gasteiger partial charge >= 0.3 is 12.4 Å². The Hall–Kier alpha value is -3.28. The molecule has 3 aromatic rings. The van der Waals surface area contributed by atoms with Crippen LogP contribution in [0, 0.1) is 5.82 Å². The van der Waals surface area contributed by atoms with Crippen molar-refractivity contribution in [2.45, 2.75) is 30.8 Å². The lowest BCUT2D eigenvalue weighted by Gasteiger charge is -2.24. The van der Waals surface area contributed by atoms with Gasteiger partial charge in [-0.25, -0.2) is 12.8 Å². The summed E-state index contributed by atoms with van der Waals surface area (Å²) in [6.07, 6.45) is -9.57. The molecule has 0 bridgehead atoms. The fraction of sp³-hybridized carbons (Fsp3) is 0.217. The molecule has 0 aliphatic heterocycles. The minimum atomic E-state index is -4.82. The Kier molecular flexibility index (Phi) is 7.34. The topological polar surface area (TPSA) is 46.6 Å². The van der Waals surface area contributed by atoms with Gasteiger partial charge in [0, 0.05) is 18.2 Å². The summed E-state index contributed by atoms with van der Waals surface area (Å²) in [5.41, 5.74) is -3.09. The predicted octanol–water partition coefficient (Wildman–Crippen LogP) is 6.66. The van der Waals surface area contributed by atoms with Gasteiger partial charge in [-0.1, -0.05) is 18.2 Å². The van der Waals surface area contributed by atoms with E-state index < -0.39 is 56.4 Å². The second-order valence-corrected chi connectivity index (χ2v) is 9.11. The molecule has 35 heavy (non-hydrogen) atoms. The third kappa shape index (κ3) is 5.87. The fourth-order valence-corrected chi connectivity index (χ4v) is 4.82. The molecule has 0 unspecified atom stereocenters. The van der Waals surface area contributed by atoms with E-state index in [-0.39, 0.29) is 18.0 Å². The van der Waals surface area contributed by atoms with Crippen molar-refractivity contribution in [3.8, 4) is 5.75 Å². The van der Waals surface area contributed by atoms with Gasteiger partial charge in [0.15, 0.2) is 0 Å². The van der Waals surface area contributed by atoms with E-state index in [0.717, 1.165) is 34.6 Å².